The smallest absolute Gasteiger partial charge is 0.279 e. The zero-order chi connectivity index (χ0) is 19.8. The fraction of sp³-hybridized carbons (Fsp3) is 0.105. The van der Waals surface area contributed by atoms with Crippen LogP contribution in [0.4, 0.5) is 4.39 Å². The fourth-order valence-corrected chi connectivity index (χ4v) is 4.07. The van der Waals surface area contributed by atoms with Crippen LogP contribution in [0.15, 0.2) is 58.7 Å². The van der Waals surface area contributed by atoms with E-state index in [9.17, 15) is 9.18 Å². The largest absolute Gasteiger partial charge is 0.300 e. The Kier molecular flexibility index (Phi) is 5.14. The van der Waals surface area contributed by atoms with E-state index in [1.54, 1.807) is 41.1 Å². The van der Waals surface area contributed by atoms with Crippen molar-refractivity contribution < 1.29 is 4.39 Å². The molecule has 2 aromatic carbocycles. The Hall–Kier alpha value is -2.35. The molecule has 0 amide bonds. The zero-order valence-corrected chi connectivity index (χ0v) is 16.9. The minimum absolute atomic E-state index is 0.0731. The van der Waals surface area contributed by atoms with Crippen molar-refractivity contribution in [3.05, 3.63) is 86.1 Å². The standard InChI is InChI=1S/C19H13Cl2FN4OS/c1-11-13(20)5-3-7-15(11)25-8-9-26-17(18(25)27)23-24-19(26)28-10-12-4-2-6-14(21)16(12)22/h2-9H,10H2,1H3. The lowest BCUT2D eigenvalue weighted by molar-refractivity contribution is 0.617. The van der Waals surface area contributed by atoms with Crippen molar-refractivity contribution in [2.24, 2.45) is 0 Å². The average Bonchev–Trinajstić information content (AvgIpc) is 3.10. The monoisotopic (exact) mass is 434 g/mol. The zero-order valence-electron chi connectivity index (χ0n) is 14.6. The summed E-state index contributed by atoms with van der Waals surface area (Å²) < 4.78 is 17.1. The summed E-state index contributed by atoms with van der Waals surface area (Å²) in [6.45, 7) is 1.85. The van der Waals surface area contributed by atoms with E-state index in [1.165, 1.54) is 22.4 Å². The molecule has 0 saturated heterocycles. The van der Waals surface area contributed by atoms with Gasteiger partial charge in [-0.25, -0.2) is 4.39 Å². The van der Waals surface area contributed by atoms with Crippen LogP contribution in [0.3, 0.4) is 0 Å². The molecular formula is C19H13Cl2FN4OS. The van der Waals surface area contributed by atoms with E-state index in [2.05, 4.69) is 10.2 Å². The molecule has 2 heterocycles. The van der Waals surface area contributed by atoms with Crippen molar-refractivity contribution >= 4 is 40.6 Å². The third-order valence-electron chi connectivity index (χ3n) is 4.33. The van der Waals surface area contributed by atoms with Crippen LogP contribution < -0.4 is 5.56 Å². The number of hydrogen-bond donors (Lipinski definition) is 0. The molecule has 9 heteroatoms. The van der Waals surface area contributed by atoms with E-state index in [0.717, 1.165) is 5.56 Å². The lowest BCUT2D eigenvalue weighted by Crippen LogP contribution is -2.21. The maximum absolute atomic E-state index is 14.1. The van der Waals surface area contributed by atoms with Gasteiger partial charge in [-0.3, -0.25) is 13.8 Å². The topological polar surface area (TPSA) is 52.2 Å². The van der Waals surface area contributed by atoms with E-state index in [4.69, 9.17) is 23.2 Å². The summed E-state index contributed by atoms with van der Waals surface area (Å²) in [6.07, 6.45) is 3.34. The Bertz CT molecular complexity index is 1250. The molecule has 0 spiro atoms. The highest BCUT2D eigenvalue weighted by Crippen LogP contribution is 2.26. The van der Waals surface area contributed by atoms with Gasteiger partial charge in [-0.1, -0.05) is 53.2 Å². The summed E-state index contributed by atoms with van der Waals surface area (Å²) in [6, 6.07) is 10.2. The van der Waals surface area contributed by atoms with Crippen molar-refractivity contribution in [2.45, 2.75) is 17.8 Å². The second-order valence-electron chi connectivity index (χ2n) is 6.04. The van der Waals surface area contributed by atoms with Gasteiger partial charge >= 0.3 is 5.56 Å². The highest BCUT2D eigenvalue weighted by Gasteiger charge is 2.15. The molecule has 4 rings (SSSR count). The molecule has 0 fully saturated rings. The van der Waals surface area contributed by atoms with E-state index in [0.29, 0.717) is 27.2 Å². The SMILES string of the molecule is Cc1c(Cl)cccc1-n1ccn2c(SCc3cccc(Cl)c3F)nnc2c1=O. The van der Waals surface area contributed by atoms with Crippen LogP contribution >= 0.6 is 35.0 Å². The summed E-state index contributed by atoms with van der Waals surface area (Å²) in [5.74, 6) is -0.145. The summed E-state index contributed by atoms with van der Waals surface area (Å²) in [5.41, 5.74) is 1.79. The van der Waals surface area contributed by atoms with Gasteiger partial charge in [0.1, 0.15) is 5.82 Å². The number of halogens is 3. The van der Waals surface area contributed by atoms with Crippen LogP contribution in [0.1, 0.15) is 11.1 Å². The lowest BCUT2D eigenvalue weighted by Gasteiger charge is -2.10. The Morgan fingerprint density at radius 1 is 1.07 bits per heavy atom. The van der Waals surface area contributed by atoms with Crippen LogP contribution in [0.25, 0.3) is 11.3 Å². The third-order valence-corrected chi connectivity index (χ3v) is 6.02. The second-order valence-corrected chi connectivity index (χ2v) is 7.79. The van der Waals surface area contributed by atoms with Crippen LogP contribution in [0, 0.1) is 12.7 Å². The summed E-state index contributed by atoms with van der Waals surface area (Å²) in [7, 11) is 0. The first kappa shape index (κ1) is 19.0. The molecular weight excluding hydrogens is 422 g/mol. The molecule has 4 aromatic rings. The molecule has 5 nitrogen and oxygen atoms in total. The van der Waals surface area contributed by atoms with E-state index < -0.39 is 5.82 Å². The Balaban J connectivity index is 1.70. The third kappa shape index (κ3) is 3.30. The first-order chi connectivity index (χ1) is 13.5. The van der Waals surface area contributed by atoms with Crippen molar-refractivity contribution in [1.82, 2.24) is 19.2 Å². The Morgan fingerprint density at radius 3 is 2.64 bits per heavy atom. The van der Waals surface area contributed by atoms with Crippen molar-refractivity contribution in [3.8, 4) is 5.69 Å². The summed E-state index contributed by atoms with van der Waals surface area (Å²) in [5, 5.41) is 9.23. The van der Waals surface area contributed by atoms with E-state index >= 15 is 0 Å². The van der Waals surface area contributed by atoms with Crippen molar-refractivity contribution in [2.75, 3.05) is 0 Å². The number of aromatic nitrogens is 4. The molecule has 0 bridgehead atoms. The molecule has 2 aromatic heterocycles. The Morgan fingerprint density at radius 2 is 1.82 bits per heavy atom. The predicted octanol–water partition coefficient (Wildman–Crippen LogP) is 4.93. The number of rotatable bonds is 4. The number of benzene rings is 2. The number of thioether (sulfide) groups is 1. The highest BCUT2D eigenvalue weighted by molar-refractivity contribution is 7.98. The van der Waals surface area contributed by atoms with Gasteiger partial charge in [-0.2, -0.15) is 0 Å². The quantitative estimate of drug-likeness (QED) is 0.427. The number of hydrogen-bond acceptors (Lipinski definition) is 4. The molecule has 0 radical (unpaired) electrons. The molecule has 0 saturated carbocycles. The predicted molar refractivity (Wildman–Crippen MR) is 109 cm³/mol. The van der Waals surface area contributed by atoms with Crippen LogP contribution in [0.2, 0.25) is 10.0 Å². The van der Waals surface area contributed by atoms with Gasteiger partial charge in [0.05, 0.1) is 10.7 Å². The van der Waals surface area contributed by atoms with Crippen LogP contribution in [-0.2, 0) is 5.75 Å². The van der Waals surface area contributed by atoms with Gasteiger partial charge in [-0.05, 0) is 36.2 Å². The minimum atomic E-state index is -0.454. The number of fused-ring (bicyclic) bond motifs is 1. The first-order valence-electron chi connectivity index (χ1n) is 8.25. The minimum Gasteiger partial charge on any atom is -0.279 e. The molecule has 142 valence electrons. The highest BCUT2D eigenvalue weighted by atomic mass is 35.5. The normalized spacial score (nSPS) is 11.3. The molecule has 28 heavy (non-hydrogen) atoms. The van der Waals surface area contributed by atoms with Gasteiger partial charge in [0.2, 0.25) is 5.65 Å². The van der Waals surface area contributed by atoms with Crippen molar-refractivity contribution in [1.29, 1.82) is 0 Å². The molecule has 0 atom stereocenters. The summed E-state index contributed by atoms with van der Waals surface area (Å²) >= 11 is 13.3. The van der Waals surface area contributed by atoms with E-state index in [1.807, 2.05) is 13.0 Å². The maximum atomic E-state index is 14.1. The Labute approximate surface area is 173 Å². The van der Waals surface area contributed by atoms with Gasteiger partial charge in [0, 0.05) is 23.2 Å². The molecule has 0 aliphatic heterocycles. The number of nitrogens with zero attached hydrogens (tertiary/aromatic N) is 4. The van der Waals surface area contributed by atoms with Crippen LogP contribution in [0.5, 0.6) is 0 Å². The summed E-state index contributed by atoms with van der Waals surface area (Å²) in [4.78, 5) is 12.9. The second kappa shape index (κ2) is 7.58. The molecule has 0 N–H and O–H groups in total. The van der Waals surface area contributed by atoms with Gasteiger partial charge in [0.25, 0.3) is 0 Å². The molecule has 0 aliphatic rings. The van der Waals surface area contributed by atoms with Gasteiger partial charge < -0.3 is 0 Å². The van der Waals surface area contributed by atoms with E-state index in [-0.39, 0.29) is 16.2 Å². The molecule has 0 unspecified atom stereocenters. The maximum Gasteiger partial charge on any atom is 0.300 e. The van der Waals surface area contributed by atoms with Crippen molar-refractivity contribution in [3.63, 3.8) is 0 Å². The van der Waals surface area contributed by atoms with Gasteiger partial charge in [-0.15, -0.1) is 10.2 Å². The molecule has 0 aliphatic carbocycles. The fourth-order valence-electron chi connectivity index (χ4n) is 2.81. The first-order valence-corrected chi connectivity index (χ1v) is 9.99. The average molecular weight is 435 g/mol. The van der Waals surface area contributed by atoms with Gasteiger partial charge in [0.15, 0.2) is 5.16 Å². The van der Waals surface area contributed by atoms with Crippen LogP contribution in [-0.4, -0.2) is 19.2 Å². The lowest BCUT2D eigenvalue weighted by atomic mass is 10.2.